The summed E-state index contributed by atoms with van der Waals surface area (Å²) in [5.41, 5.74) is 2.05. The van der Waals surface area contributed by atoms with Gasteiger partial charge in [-0.15, -0.1) is 0 Å². The molecule has 1 N–H and O–H groups in total. The molecule has 3 heterocycles. The van der Waals surface area contributed by atoms with E-state index >= 15 is 0 Å². The molecule has 0 atom stereocenters. The quantitative estimate of drug-likeness (QED) is 0.902. The van der Waals surface area contributed by atoms with Crippen LogP contribution in [-0.2, 0) is 0 Å². The molecule has 2 aliphatic heterocycles. The van der Waals surface area contributed by atoms with Crippen LogP contribution in [0.25, 0.3) is 0 Å². The summed E-state index contributed by atoms with van der Waals surface area (Å²) in [4.78, 5) is 21.0. The minimum absolute atomic E-state index is 0.131. The SMILES string of the molecule is CNC(=O)c1ccc(N2CCC(N3CCC(C(C)(C)C)CC3)CC2)cn1. The van der Waals surface area contributed by atoms with Crippen LogP contribution >= 0.6 is 0 Å². The molecule has 1 amide bonds. The summed E-state index contributed by atoms with van der Waals surface area (Å²) in [6.07, 6.45) is 6.96. The number of nitrogens with one attached hydrogen (secondary N) is 1. The van der Waals surface area contributed by atoms with Crippen LogP contribution in [0.5, 0.6) is 0 Å². The standard InChI is InChI=1S/C21H34N4O/c1-21(2,3)16-7-11-24(12-8-16)17-9-13-25(14-10-17)18-5-6-19(23-15-18)20(26)22-4/h5-6,15-17H,7-14H2,1-4H3,(H,22,26). The van der Waals surface area contributed by atoms with Gasteiger partial charge in [0.05, 0.1) is 11.9 Å². The number of hydrogen-bond acceptors (Lipinski definition) is 4. The number of piperidine rings is 2. The molecule has 1 aromatic rings. The number of amides is 1. The first-order chi connectivity index (χ1) is 12.4. The van der Waals surface area contributed by atoms with Gasteiger partial charge in [0, 0.05) is 26.2 Å². The smallest absolute Gasteiger partial charge is 0.269 e. The van der Waals surface area contributed by atoms with Gasteiger partial charge in [0.1, 0.15) is 5.69 Å². The number of nitrogens with zero attached hydrogens (tertiary/aromatic N) is 3. The van der Waals surface area contributed by atoms with Crippen molar-refractivity contribution in [3.8, 4) is 0 Å². The van der Waals surface area contributed by atoms with Gasteiger partial charge < -0.3 is 15.1 Å². The molecule has 0 bridgehead atoms. The molecule has 0 unspecified atom stereocenters. The summed E-state index contributed by atoms with van der Waals surface area (Å²) in [7, 11) is 1.63. The lowest BCUT2D eigenvalue weighted by atomic mass is 9.75. The average molecular weight is 359 g/mol. The predicted molar refractivity (Wildman–Crippen MR) is 107 cm³/mol. The van der Waals surface area contributed by atoms with Gasteiger partial charge in [-0.25, -0.2) is 4.98 Å². The molecular weight excluding hydrogens is 324 g/mol. The van der Waals surface area contributed by atoms with E-state index in [4.69, 9.17) is 0 Å². The molecule has 0 aliphatic carbocycles. The Bertz CT molecular complexity index is 591. The summed E-state index contributed by atoms with van der Waals surface area (Å²) < 4.78 is 0. The zero-order valence-electron chi connectivity index (χ0n) is 16.8. The average Bonchev–Trinajstić information content (AvgIpc) is 2.67. The fourth-order valence-electron chi connectivity index (χ4n) is 4.46. The second-order valence-electron chi connectivity index (χ2n) is 8.88. The third-order valence-corrected chi connectivity index (χ3v) is 6.31. The fourth-order valence-corrected chi connectivity index (χ4v) is 4.46. The zero-order valence-corrected chi connectivity index (χ0v) is 16.8. The van der Waals surface area contributed by atoms with Gasteiger partial charge in [-0.2, -0.15) is 0 Å². The highest BCUT2D eigenvalue weighted by atomic mass is 16.1. The minimum atomic E-state index is -0.131. The molecule has 1 aromatic heterocycles. The van der Waals surface area contributed by atoms with E-state index < -0.39 is 0 Å². The van der Waals surface area contributed by atoms with Gasteiger partial charge in [0.15, 0.2) is 0 Å². The van der Waals surface area contributed by atoms with Crippen molar-refractivity contribution >= 4 is 11.6 Å². The fraction of sp³-hybridized carbons (Fsp3) is 0.714. The lowest BCUT2D eigenvalue weighted by Crippen LogP contribution is -2.48. The largest absolute Gasteiger partial charge is 0.370 e. The Kier molecular flexibility index (Phi) is 5.86. The van der Waals surface area contributed by atoms with Crippen molar-refractivity contribution in [2.45, 2.75) is 52.5 Å². The Morgan fingerprint density at radius 1 is 1.08 bits per heavy atom. The molecule has 5 nitrogen and oxygen atoms in total. The van der Waals surface area contributed by atoms with Gasteiger partial charge in [-0.05, 0) is 62.2 Å². The van der Waals surface area contributed by atoms with E-state index in [2.05, 4.69) is 40.9 Å². The van der Waals surface area contributed by atoms with Crippen LogP contribution in [0.15, 0.2) is 18.3 Å². The molecule has 2 aliphatic rings. The summed E-state index contributed by atoms with van der Waals surface area (Å²) in [5, 5.41) is 2.61. The number of carbonyl (C=O) groups is 1. The molecule has 144 valence electrons. The van der Waals surface area contributed by atoms with E-state index in [1.54, 1.807) is 7.05 Å². The van der Waals surface area contributed by atoms with Crippen molar-refractivity contribution in [1.82, 2.24) is 15.2 Å². The van der Waals surface area contributed by atoms with Crippen molar-refractivity contribution in [3.63, 3.8) is 0 Å². The number of carbonyl (C=O) groups excluding carboxylic acids is 1. The lowest BCUT2D eigenvalue weighted by molar-refractivity contribution is 0.0735. The van der Waals surface area contributed by atoms with Gasteiger partial charge in [0.2, 0.25) is 0 Å². The lowest BCUT2D eigenvalue weighted by Gasteiger charge is -2.44. The molecule has 3 rings (SSSR count). The first kappa shape index (κ1) is 19.2. The van der Waals surface area contributed by atoms with Crippen LogP contribution in [0.3, 0.4) is 0 Å². The van der Waals surface area contributed by atoms with Crippen LogP contribution in [0.4, 0.5) is 5.69 Å². The van der Waals surface area contributed by atoms with E-state index in [1.807, 2.05) is 18.3 Å². The van der Waals surface area contributed by atoms with Crippen molar-refractivity contribution < 1.29 is 4.79 Å². The Hall–Kier alpha value is -1.62. The van der Waals surface area contributed by atoms with E-state index in [-0.39, 0.29) is 5.91 Å². The maximum Gasteiger partial charge on any atom is 0.269 e. The van der Waals surface area contributed by atoms with Gasteiger partial charge in [0.25, 0.3) is 5.91 Å². The molecule has 2 saturated heterocycles. The first-order valence-corrected chi connectivity index (χ1v) is 10.1. The molecule has 2 fully saturated rings. The maximum absolute atomic E-state index is 11.6. The Labute approximate surface area is 158 Å². The molecule has 0 aromatic carbocycles. The highest BCUT2D eigenvalue weighted by molar-refractivity contribution is 5.92. The molecular formula is C21H34N4O. The van der Waals surface area contributed by atoms with Crippen LogP contribution in [0, 0.1) is 11.3 Å². The summed E-state index contributed by atoms with van der Waals surface area (Å²) in [5.74, 6) is 0.734. The maximum atomic E-state index is 11.6. The minimum Gasteiger partial charge on any atom is -0.370 e. The third-order valence-electron chi connectivity index (χ3n) is 6.31. The summed E-state index contributed by atoms with van der Waals surface area (Å²) in [6.45, 7) is 11.8. The van der Waals surface area contributed by atoms with E-state index in [1.165, 1.54) is 38.8 Å². The highest BCUT2D eigenvalue weighted by Crippen LogP contribution is 2.35. The van der Waals surface area contributed by atoms with Crippen LogP contribution in [-0.4, -0.2) is 55.1 Å². The Morgan fingerprint density at radius 3 is 2.23 bits per heavy atom. The zero-order chi connectivity index (χ0) is 18.7. The Balaban J connectivity index is 1.49. The molecule has 26 heavy (non-hydrogen) atoms. The van der Waals surface area contributed by atoms with E-state index in [9.17, 15) is 4.79 Å². The summed E-state index contributed by atoms with van der Waals surface area (Å²) in [6, 6.07) is 4.56. The molecule has 0 radical (unpaired) electrons. The van der Waals surface area contributed by atoms with Crippen LogP contribution in [0.1, 0.15) is 56.9 Å². The number of aromatic nitrogens is 1. The van der Waals surface area contributed by atoms with Crippen molar-refractivity contribution in [3.05, 3.63) is 24.0 Å². The third kappa shape index (κ3) is 4.37. The summed E-state index contributed by atoms with van der Waals surface area (Å²) >= 11 is 0. The molecule has 0 saturated carbocycles. The number of pyridine rings is 1. The number of likely N-dealkylation sites (tertiary alicyclic amines) is 1. The monoisotopic (exact) mass is 358 g/mol. The molecule has 0 spiro atoms. The number of rotatable bonds is 3. The second-order valence-corrected chi connectivity index (χ2v) is 8.88. The van der Waals surface area contributed by atoms with Gasteiger partial charge in [-0.3, -0.25) is 4.79 Å². The molecule has 5 heteroatoms. The van der Waals surface area contributed by atoms with E-state index in [0.717, 1.165) is 30.7 Å². The van der Waals surface area contributed by atoms with Gasteiger partial charge in [-0.1, -0.05) is 20.8 Å². The highest BCUT2D eigenvalue weighted by Gasteiger charge is 2.32. The van der Waals surface area contributed by atoms with Crippen LogP contribution < -0.4 is 10.2 Å². The first-order valence-electron chi connectivity index (χ1n) is 10.1. The number of anilines is 1. The van der Waals surface area contributed by atoms with Crippen molar-refractivity contribution in [2.75, 3.05) is 38.1 Å². The second kappa shape index (κ2) is 7.95. The predicted octanol–water partition coefficient (Wildman–Crippen LogP) is 3.17. The van der Waals surface area contributed by atoms with Crippen LogP contribution in [0.2, 0.25) is 0 Å². The topological polar surface area (TPSA) is 48.5 Å². The normalized spacial score (nSPS) is 21.0. The van der Waals surface area contributed by atoms with Crippen molar-refractivity contribution in [2.24, 2.45) is 11.3 Å². The Morgan fingerprint density at radius 2 is 1.73 bits per heavy atom. The number of hydrogen-bond donors (Lipinski definition) is 1. The van der Waals surface area contributed by atoms with Crippen molar-refractivity contribution in [1.29, 1.82) is 0 Å². The van der Waals surface area contributed by atoms with E-state index in [0.29, 0.717) is 11.1 Å². The van der Waals surface area contributed by atoms with Gasteiger partial charge >= 0.3 is 0 Å².